The van der Waals surface area contributed by atoms with Gasteiger partial charge in [-0.1, -0.05) is 378 Å². The van der Waals surface area contributed by atoms with Crippen LogP contribution >= 0.6 is 11.8 Å². The summed E-state index contributed by atoms with van der Waals surface area (Å²) < 4.78 is 5.28. The number of hydrogen-bond acceptors (Lipinski definition) is 9. The Bertz CT molecular complexity index is 3690. The van der Waals surface area contributed by atoms with Crippen LogP contribution in [0.2, 0.25) is 0 Å². The Morgan fingerprint density at radius 1 is 0.392 bits per heavy atom. The molecule has 1 fully saturated rings. The van der Waals surface area contributed by atoms with Crippen molar-refractivity contribution in [3.8, 4) is 5.75 Å². The maximum Gasteiger partial charge on any atom is 0.172 e. The summed E-state index contributed by atoms with van der Waals surface area (Å²) in [4.78, 5) is 80.3. The van der Waals surface area contributed by atoms with E-state index >= 15 is 0 Å². The highest BCUT2D eigenvalue weighted by molar-refractivity contribution is 8.00. The Labute approximate surface area is 738 Å². The van der Waals surface area contributed by atoms with Crippen molar-refractivity contribution in [2.45, 2.75) is 325 Å². The molecule has 0 aromatic heterocycles. The first-order chi connectivity index (χ1) is 57.1. The molecule has 2 unspecified atom stereocenters. The van der Waals surface area contributed by atoms with Crippen molar-refractivity contribution in [1.29, 1.82) is 0 Å². The lowest BCUT2D eigenvalue weighted by Crippen LogP contribution is -2.16. The van der Waals surface area contributed by atoms with E-state index in [0.717, 1.165) is 118 Å². The van der Waals surface area contributed by atoms with Crippen LogP contribution < -0.4 is 4.74 Å². The fraction of sp³-hybridized carbons (Fsp3) is 0.559. The zero-order valence-electron chi connectivity index (χ0n) is 79.7. The van der Waals surface area contributed by atoms with Crippen LogP contribution in [0.3, 0.4) is 0 Å². The van der Waals surface area contributed by atoms with Crippen LogP contribution in [0.1, 0.15) is 316 Å². The molecule has 7 aromatic carbocycles. The molecule has 1 saturated carbocycles. The molecule has 0 aliphatic heterocycles. The Hall–Kier alpha value is -7.62. The second-order valence-electron chi connectivity index (χ2n) is 36.2. The molecule has 0 saturated heterocycles. The van der Waals surface area contributed by atoms with Gasteiger partial charge in [-0.3, -0.25) is 33.6 Å². The van der Waals surface area contributed by atoms with Crippen molar-refractivity contribution >= 4 is 63.0 Å². The van der Waals surface area contributed by atoms with Gasteiger partial charge >= 0.3 is 0 Å². The highest BCUT2D eigenvalue weighted by Crippen LogP contribution is 2.29. The number of hydrogen-bond donors (Lipinski definition) is 0. The van der Waals surface area contributed by atoms with Crippen LogP contribution in [0.4, 0.5) is 0 Å². The fourth-order valence-electron chi connectivity index (χ4n) is 12.5. The number of thioether (sulfide) groups is 1. The van der Waals surface area contributed by atoms with Gasteiger partial charge in [-0.2, -0.15) is 0 Å². The molecule has 2 atom stereocenters. The largest absolute Gasteiger partial charge is 0.486 e. The van der Waals surface area contributed by atoms with E-state index in [1.54, 1.807) is 11.8 Å². The Balaban J connectivity index is 0.00000133. The quantitative estimate of drug-likeness (QED) is 0.0209. The number of aryl methyl sites for hydroxylation is 3. The van der Waals surface area contributed by atoms with Crippen LogP contribution in [-0.2, 0) is 59.2 Å². The molecule has 8 nitrogen and oxygen atoms in total. The molecule has 0 radical (unpaired) electrons. The van der Waals surface area contributed by atoms with E-state index in [1.807, 2.05) is 184 Å². The van der Waals surface area contributed by atoms with Gasteiger partial charge in [-0.05, 0) is 178 Å². The van der Waals surface area contributed by atoms with Crippen molar-refractivity contribution in [3.63, 3.8) is 0 Å². The first kappa shape index (κ1) is 112. The number of rotatable bonds is 41. The second-order valence-corrected chi connectivity index (χ2v) is 37.2. The molecule has 1 aliphatic carbocycles. The van der Waals surface area contributed by atoms with E-state index in [-0.39, 0.29) is 59.7 Å². The average molecular weight is 1660 g/mol. The first-order valence-corrected chi connectivity index (χ1v) is 47.3. The summed E-state index contributed by atoms with van der Waals surface area (Å²) in [6.45, 7) is 47.0. The minimum Gasteiger partial charge on any atom is -0.486 e. The lowest BCUT2D eigenvalue weighted by molar-refractivity contribution is -0.125. The molecule has 120 heavy (non-hydrogen) atoms. The van der Waals surface area contributed by atoms with Crippen LogP contribution in [0.15, 0.2) is 211 Å². The molecule has 666 valence electrons. The molecule has 9 heteroatoms. The lowest BCUT2D eigenvalue weighted by atomic mass is 9.85. The average Bonchev–Trinajstić information content (AvgIpc) is 0.844. The minimum atomic E-state index is 0.0451. The Morgan fingerprint density at radius 3 is 1.25 bits per heavy atom. The summed E-state index contributed by atoms with van der Waals surface area (Å²) in [5.74, 6) is 8.35. The van der Waals surface area contributed by atoms with Crippen molar-refractivity contribution < 1.29 is 38.3 Å². The van der Waals surface area contributed by atoms with Crippen molar-refractivity contribution in [1.82, 2.24) is 0 Å². The molecule has 0 spiro atoms. The maximum atomic E-state index is 11.4. The predicted molar refractivity (Wildman–Crippen MR) is 520 cm³/mol. The van der Waals surface area contributed by atoms with E-state index in [9.17, 15) is 33.6 Å². The van der Waals surface area contributed by atoms with E-state index < -0.39 is 0 Å². The van der Waals surface area contributed by atoms with E-state index in [2.05, 4.69) is 176 Å². The highest BCUT2D eigenvalue weighted by Gasteiger charge is 2.17. The third-order valence-corrected chi connectivity index (χ3v) is 22.1. The van der Waals surface area contributed by atoms with Crippen molar-refractivity contribution in [2.24, 2.45) is 71.0 Å². The van der Waals surface area contributed by atoms with E-state index in [1.165, 1.54) is 109 Å². The topological polar surface area (TPSA) is 129 Å². The Kier molecular flexibility index (Phi) is 66.4. The van der Waals surface area contributed by atoms with Gasteiger partial charge in [-0.15, -0.1) is 11.8 Å². The zero-order valence-corrected chi connectivity index (χ0v) is 80.6. The van der Waals surface area contributed by atoms with Gasteiger partial charge in [0.25, 0.3) is 0 Å². The standard InChI is InChI=1S/C15H22O.C15H18.C14H26O.C14H20O.C13H24O.C11H14O2.C11H14OS.C10H14.C8H16O/c1-13(2)15(16)12-8-4-7-11-14-9-5-3-6-10-14;1-12(2)7-8-13-9-10-14-5-3-4-6-15(14)11-13;2*1-12(2)14(15)11-7-6-10-13-8-4-3-5-9-13;1-10(2)7-6-8-12(5)9-13(14)11(3)4;2*1-9(2)11(12)8-13-10-6-4-3-5-7-10;1-9(2)8-10-6-4-3-5-7-10;1-5-7(4)8(9)6(2)3/h3,5-6,9-10,13H,4,7-8,11-12H2,1-2H3;3-6,9-12H,7-8H2,1-2H3;12-13H,3-11H2,1-2H3;3-5,8-9,12H,6-7,10-11H2,1-2H3;7,11-12H,6,8-9H2,1-5H3;2*3-7,9H,8H2,1-2H3;3-7,9H,8H2,1-2H3;6-7H,5H2,1-4H3. The van der Waals surface area contributed by atoms with Gasteiger partial charge < -0.3 is 4.74 Å². The molecular formula is C111H168O8S. The summed E-state index contributed by atoms with van der Waals surface area (Å²) in [6, 6.07) is 66.3. The molecule has 0 amide bonds. The summed E-state index contributed by atoms with van der Waals surface area (Å²) in [5, 5.41) is 2.70. The third kappa shape index (κ3) is 62.5. The summed E-state index contributed by atoms with van der Waals surface area (Å²) in [6.07, 6.45) is 30.9. The first-order valence-electron chi connectivity index (χ1n) is 46.3. The fourth-order valence-corrected chi connectivity index (χ4v) is 13.5. The molecular weight excluding hydrogens is 1490 g/mol. The second kappa shape index (κ2) is 70.9. The summed E-state index contributed by atoms with van der Waals surface area (Å²) in [5.41, 5.74) is 7.04. The number of para-hydroxylation sites is 1. The number of benzene rings is 7. The smallest absolute Gasteiger partial charge is 0.172 e. The molecule has 7 aromatic rings. The number of allylic oxidation sites excluding steroid dienone is 2. The summed E-state index contributed by atoms with van der Waals surface area (Å²) in [7, 11) is 0. The van der Waals surface area contributed by atoms with Crippen molar-refractivity contribution in [2.75, 3.05) is 12.4 Å². The molecule has 8 rings (SSSR count). The molecule has 1 aliphatic rings. The maximum absolute atomic E-state index is 11.4. The number of carbonyl (C=O) groups excluding carboxylic acids is 7. The molecule has 0 N–H and O–H groups in total. The van der Waals surface area contributed by atoms with Crippen molar-refractivity contribution in [3.05, 3.63) is 228 Å². The third-order valence-electron chi connectivity index (χ3n) is 21.1. The summed E-state index contributed by atoms with van der Waals surface area (Å²) >= 11 is 1.61. The van der Waals surface area contributed by atoms with Gasteiger partial charge in [0, 0.05) is 77.9 Å². The SMILES string of the molecule is CC(C)=CCCC(C)CC(=O)C(C)C.CC(C)C(=O)CCCCC1CCCCC1.CC(C)C(=O)CCCCCc1ccccc1.CC(C)C(=O)CCCCc1ccccc1.CC(C)C(=O)COc1ccccc1.CC(C)C(=O)CSc1ccccc1.CC(C)CCc1ccc2ccccc2c1.CC(C)Cc1ccccc1.CCC(C)C(=O)C(C)C. The van der Waals surface area contributed by atoms with Gasteiger partial charge in [0.2, 0.25) is 0 Å². The molecule has 0 heterocycles. The predicted octanol–water partition coefficient (Wildman–Crippen LogP) is 30.8. The van der Waals surface area contributed by atoms with Gasteiger partial charge in [0.05, 0.1) is 5.75 Å². The number of ether oxygens (including phenoxy) is 1. The Morgan fingerprint density at radius 2 is 0.817 bits per heavy atom. The number of ketones is 7. The van der Waals surface area contributed by atoms with Crippen LogP contribution in [0.25, 0.3) is 10.8 Å². The van der Waals surface area contributed by atoms with Crippen LogP contribution in [0.5, 0.6) is 5.75 Å². The zero-order chi connectivity index (χ0) is 90.0. The molecule has 0 bridgehead atoms. The monoisotopic (exact) mass is 1660 g/mol. The number of unbranched alkanes of at least 4 members (excludes halogenated alkanes) is 4. The minimum absolute atomic E-state index is 0.0451. The van der Waals surface area contributed by atoms with Gasteiger partial charge in [0.15, 0.2) is 5.78 Å². The number of fused-ring (bicyclic) bond motifs is 1. The van der Waals surface area contributed by atoms with Crippen LogP contribution in [-0.4, -0.2) is 52.8 Å². The normalized spacial score (nSPS) is 12.0. The number of Topliss-reactive ketones (excluding diaryl/α,β-unsaturated/α-hetero) is 7. The van der Waals surface area contributed by atoms with Gasteiger partial charge in [0.1, 0.15) is 47.1 Å². The number of carbonyl (C=O) groups is 7. The van der Waals surface area contributed by atoms with Crippen LogP contribution in [0, 0.1) is 71.0 Å². The lowest BCUT2D eigenvalue weighted by Gasteiger charge is -2.21. The van der Waals surface area contributed by atoms with Gasteiger partial charge in [-0.25, -0.2) is 0 Å². The highest BCUT2D eigenvalue weighted by atomic mass is 32.2. The van der Waals surface area contributed by atoms with E-state index in [4.69, 9.17) is 4.74 Å². The van der Waals surface area contributed by atoms with E-state index in [0.29, 0.717) is 46.4 Å².